The van der Waals surface area contributed by atoms with Crippen molar-refractivity contribution in [1.29, 1.82) is 0 Å². The predicted molar refractivity (Wildman–Crippen MR) is 69.5 cm³/mol. The Labute approximate surface area is 112 Å². The van der Waals surface area contributed by atoms with Crippen LogP contribution in [0.2, 0.25) is 0 Å². The molecule has 0 aliphatic carbocycles. The number of ether oxygens (including phenoxy) is 1. The molecule has 2 saturated heterocycles. The van der Waals surface area contributed by atoms with E-state index in [1.807, 2.05) is 19.1 Å². The van der Waals surface area contributed by atoms with Crippen LogP contribution in [0.3, 0.4) is 0 Å². The molecule has 5 nitrogen and oxygen atoms in total. The van der Waals surface area contributed by atoms with Gasteiger partial charge in [0.25, 0.3) is 0 Å². The largest absolute Gasteiger partial charge is 0.468 e. The molecule has 0 radical (unpaired) electrons. The summed E-state index contributed by atoms with van der Waals surface area (Å²) in [5.41, 5.74) is -0.173. The third-order valence-electron chi connectivity index (χ3n) is 4.32. The first-order valence-electron chi connectivity index (χ1n) is 6.86. The summed E-state index contributed by atoms with van der Waals surface area (Å²) in [5.74, 6) is 0.998. The number of rotatable bonds is 2. The summed E-state index contributed by atoms with van der Waals surface area (Å²) in [6.45, 7) is 5.04. The molecular formula is C14H20N2O3. The number of amides is 1. The van der Waals surface area contributed by atoms with Crippen molar-refractivity contribution in [2.45, 2.75) is 38.0 Å². The Balaban J connectivity index is 1.58. The van der Waals surface area contributed by atoms with E-state index in [0.29, 0.717) is 0 Å². The zero-order valence-corrected chi connectivity index (χ0v) is 11.2. The van der Waals surface area contributed by atoms with E-state index in [1.54, 1.807) is 6.26 Å². The van der Waals surface area contributed by atoms with Crippen LogP contribution in [0.4, 0.5) is 0 Å². The van der Waals surface area contributed by atoms with Gasteiger partial charge in [-0.05, 0) is 31.9 Å². The lowest BCUT2D eigenvalue weighted by atomic mass is 9.83. The van der Waals surface area contributed by atoms with Crippen LogP contribution in [-0.2, 0) is 16.1 Å². The predicted octanol–water partition coefficient (Wildman–Crippen LogP) is 1.15. The Morgan fingerprint density at radius 2 is 2.26 bits per heavy atom. The molecule has 2 fully saturated rings. The highest BCUT2D eigenvalue weighted by molar-refractivity contribution is 5.78. The molecular weight excluding hydrogens is 244 g/mol. The maximum atomic E-state index is 11.3. The van der Waals surface area contributed by atoms with Crippen molar-refractivity contribution in [3.63, 3.8) is 0 Å². The van der Waals surface area contributed by atoms with Gasteiger partial charge in [0.2, 0.25) is 5.91 Å². The summed E-state index contributed by atoms with van der Waals surface area (Å²) in [4.78, 5) is 13.7. The molecule has 1 aromatic heterocycles. The van der Waals surface area contributed by atoms with Crippen molar-refractivity contribution in [2.24, 2.45) is 0 Å². The highest BCUT2D eigenvalue weighted by Crippen LogP contribution is 2.32. The number of nitrogens with one attached hydrogen (secondary N) is 1. The van der Waals surface area contributed by atoms with E-state index in [0.717, 1.165) is 38.2 Å². The van der Waals surface area contributed by atoms with E-state index >= 15 is 0 Å². The number of furan rings is 1. The van der Waals surface area contributed by atoms with Crippen molar-refractivity contribution >= 4 is 5.91 Å². The number of hydrogen-bond acceptors (Lipinski definition) is 4. The lowest BCUT2D eigenvalue weighted by Crippen LogP contribution is -2.62. The summed E-state index contributed by atoms with van der Waals surface area (Å²) < 4.78 is 11.2. The van der Waals surface area contributed by atoms with Gasteiger partial charge in [-0.1, -0.05) is 0 Å². The van der Waals surface area contributed by atoms with Gasteiger partial charge in [0, 0.05) is 13.1 Å². The van der Waals surface area contributed by atoms with Gasteiger partial charge in [-0.3, -0.25) is 9.69 Å². The minimum absolute atomic E-state index is 0.00357. The quantitative estimate of drug-likeness (QED) is 0.870. The minimum Gasteiger partial charge on any atom is -0.468 e. The molecule has 0 aromatic carbocycles. The fourth-order valence-corrected chi connectivity index (χ4v) is 3.04. The molecule has 104 valence electrons. The van der Waals surface area contributed by atoms with Gasteiger partial charge < -0.3 is 14.5 Å². The molecule has 0 saturated carbocycles. The van der Waals surface area contributed by atoms with Gasteiger partial charge >= 0.3 is 0 Å². The summed E-state index contributed by atoms with van der Waals surface area (Å²) in [6, 6.07) is 4.02. The monoisotopic (exact) mass is 264 g/mol. The van der Waals surface area contributed by atoms with Crippen LogP contribution in [0.25, 0.3) is 0 Å². The lowest BCUT2D eigenvalue weighted by molar-refractivity contribution is -0.159. The number of morpholine rings is 1. The first-order chi connectivity index (χ1) is 9.18. The van der Waals surface area contributed by atoms with Crippen molar-refractivity contribution in [3.8, 4) is 0 Å². The maximum absolute atomic E-state index is 11.3. The second-order valence-electron chi connectivity index (χ2n) is 5.50. The van der Waals surface area contributed by atoms with Crippen molar-refractivity contribution < 1.29 is 13.9 Å². The first kappa shape index (κ1) is 12.7. The molecule has 19 heavy (non-hydrogen) atoms. The topological polar surface area (TPSA) is 54.7 Å². The zero-order valence-electron chi connectivity index (χ0n) is 11.2. The summed E-state index contributed by atoms with van der Waals surface area (Å²) >= 11 is 0. The molecule has 2 aliphatic heterocycles. The van der Waals surface area contributed by atoms with E-state index < -0.39 is 0 Å². The molecule has 1 amide bonds. The molecule has 1 atom stereocenters. The third-order valence-corrected chi connectivity index (χ3v) is 4.32. The molecule has 0 bridgehead atoms. The van der Waals surface area contributed by atoms with E-state index in [1.165, 1.54) is 0 Å². The Morgan fingerprint density at radius 3 is 2.89 bits per heavy atom. The summed E-state index contributed by atoms with van der Waals surface area (Å²) in [6.07, 6.45) is 3.62. The number of hydrogen-bond donors (Lipinski definition) is 1. The molecule has 1 N–H and O–H groups in total. The van der Waals surface area contributed by atoms with Crippen LogP contribution in [0.5, 0.6) is 0 Å². The van der Waals surface area contributed by atoms with Crippen LogP contribution >= 0.6 is 0 Å². The highest BCUT2D eigenvalue weighted by Gasteiger charge is 2.44. The number of likely N-dealkylation sites (tertiary alicyclic amines) is 1. The van der Waals surface area contributed by atoms with Crippen molar-refractivity contribution in [3.05, 3.63) is 24.2 Å². The Hall–Kier alpha value is -1.33. The van der Waals surface area contributed by atoms with Gasteiger partial charge in [0.1, 0.15) is 12.4 Å². The molecule has 5 heteroatoms. The van der Waals surface area contributed by atoms with Crippen LogP contribution in [0, 0.1) is 0 Å². The average molecular weight is 264 g/mol. The SMILES string of the molecule is CC1NC(=O)COC12CCN(Cc1ccco1)CC2. The number of carbonyl (C=O) groups excluding carboxylic acids is 1. The second-order valence-corrected chi connectivity index (χ2v) is 5.50. The van der Waals surface area contributed by atoms with Gasteiger partial charge in [0.05, 0.1) is 24.5 Å². The Kier molecular flexibility index (Phi) is 3.33. The van der Waals surface area contributed by atoms with E-state index in [2.05, 4.69) is 10.2 Å². The maximum Gasteiger partial charge on any atom is 0.246 e. The summed E-state index contributed by atoms with van der Waals surface area (Å²) in [5, 5.41) is 3.00. The van der Waals surface area contributed by atoms with Gasteiger partial charge in [-0.2, -0.15) is 0 Å². The van der Waals surface area contributed by atoms with Gasteiger partial charge in [-0.15, -0.1) is 0 Å². The number of nitrogens with zero attached hydrogens (tertiary/aromatic N) is 1. The first-order valence-corrected chi connectivity index (χ1v) is 6.86. The second kappa shape index (κ2) is 4.98. The fourth-order valence-electron chi connectivity index (χ4n) is 3.04. The van der Waals surface area contributed by atoms with Crippen LogP contribution in [-0.4, -0.2) is 42.1 Å². The van der Waals surface area contributed by atoms with Crippen LogP contribution < -0.4 is 5.32 Å². The molecule has 1 spiro atoms. The van der Waals surface area contributed by atoms with E-state index in [4.69, 9.17) is 9.15 Å². The highest BCUT2D eigenvalue weighted by atomic mass is 16.5. The Morgan fingerprint density at radius 1 is 1.47 bits per heavy atom. The van der Waals surface area contributed by atoms with Gasteiger partial charge in [0.15, 0.2) is 0 Å². The Bertz CT molecular complexity index is 436. The molecule has 1 aromatic rings. The summed E-state index contributed by atoms with van der Waals surface area (Å²) in [7, 11) is 0. The average Bonchev–Trinajstić information content (AvgIpc) is 2.90. The van der Waals surface area contributed by atoms with E-state index in [9.17, 15) is 4.79 Å². The smallest absolute Gasteiger partial charge is 0.246 e. The molecule has 2 aliphatic rings. The molecule has 3 rings (SSSR count). The van der Waals surface area contributed by atoms with Gasteiger partial charge in [-0.25, -0.2) is 0 Å². The van der Waals surface area contributed by atoms with Crippen LogP contribution in [0.15, 0.2) is 22.8 Å². The van der Waals surface area contributed by atoms with E-state index in [-0.39, 0.29) is 24.2 Å². The third kappa shape index (κ3) is 2.53. The number of piperidine rings is 1. The zero-order chi connectivity index (χ0) is 13.3. The fraction of sp³-hybridized carbons (Fsp3) is 0.643. The van der Waals surface area contributed by atoms with Crippen molar-refractivity contribution in [1.82, 2.24) is 10.2 Å². The lowest BCUT2D eigenvalue weighted by Gasteiger charge is -2.47. The van der Waals surface area contributed by atoms with Crippen molar-refractivity contribution in [2.75, 3.05) is 19.7 Å². The normalized spacial score (nSPS) is 27.4. The van der Waals surface area contributed by atoms with Crippen LogP contribution in [0.1, 0.15) is 25.5 Å². The molecule has 1 unspecified atom stereocenters. The number of carbonyl (C=O) groups is 1. The standard InChI is InChI=1S/C14H20N2O3/c1-11-14(19-10-13(17)15-11)4-6-16(7-5-14)9-12-3-2-8-18-12/h2-3,8,11H,4-7,9-10H2,1H3,(H,15,17). The molecule has 3 heterocycles. The minimum atomic E-state index is -0.173.